The molecule has 0 bridgehead atoms. The second-order valence-electron chi connectivity index (χ2n) is 4.55. The Bertz CT molecular complexity index is 347. The van der Waals surface area contributed by atoms with E-state index in [-0.39, 0.29) is 0 Å². The first-order valence-corrected chi connectivity index (χ1v) is 6.75. The van der Waals surface area contributed by atoms with Crippen LogP contribution in [0.4, 0.5) is 0 Å². The Kier molecular flexibility index (Phi) is 4.74. The Labute approximate surface area is 108 Å². The number of hydrogen-bond donors (Lipinski definition) is 2. The fraction of sp³-hybridized carbons (Fsp3) is 0.538. The van der Waals surface area contributed by atoms with Crippen molar-refractivity contribution < 1.29 is 4.98 Å². The summed E-state index contributed by atoms with van der Waals surface area (Å²) in [6.07, 6.45) is 8.45. The first-order chi connectivity index (χ1) is 8.34. The molecule has 1 saturated carbocycles. The summed E-state index contributed by atoms with van der Waals surface area (Å²) in [7, 11) is 0. The van der Waals surface area contributed by atoms with E-state index in [1.54, 1.807) is 0 Å². The van der Waals surface area contributed by atoms with E-state index in [1.165, 1.54) is 32.1 Å². The highest BCUT2D eigenvalue weighted by Gasteiger charge is 2.13. The predicted molar refractivity (Wildman–Crippen MR) is 72.4 cm³/mol. The van der Waals surface area contributed by atoms with Crippen LogP contribution in [-0.4, -0.2) is 11.2 Å². The van der Waals surface area contributed by atoms with E-state index in [2.05, 4.69) is 21.7 Å². The SMILES string of the molecule is S=C(NCc1cccc[nH+]1)NC1CCCCC1. The normalized spacial score (nSPS) is 16.5. The lowest BCUT2D eigenvalue weighted by atomic mass is 9.96. The van der Waals surface area contributed by atoms with Crippen LogP contribution in [0, 0.1) is 0 Å². The topological polar surface area (TPSA) is 38.2 Å². The Morgan fingerprint density at radius 3 is 2.82 bits per heavy atom. The molecule has 4 heteroatoms. The monoisotopic (exact) mass is 250 g/mol. The van der Waals surface area contributed by atoms with Crippen LogP contribution in [0.1, 0.15) is 37.8 Å². The van der Waals surface area contributed by atoms with Crippen molar-refractivity contribution in [3.8, 4) is 0 Å². The van der Waals surface area contributed by atoms with Gasteiger partial charge in [-0.2, -0.15) is 0 Å². The molecule has 17 heavy (non-hydrogen) atoms. The van der Waals surface area contributed by atoms with Crippen LogP contribution in [0.2, 0.25) is 0 Å². The van der Waals surface area contributed by atoms with Gasteiger partial charge in [0.15, 0.2) is 17.0 Å². The zero-order valence-electron chi connectivity index (χ0n) is 10.0. The molecule has 0 aromatic carbocycles. The van der Waals surface area contributed by atoms with Crippen LogP contribution in [0.25, 0.3) is 0 Å². The minimum Gasteiger partial charge on any atom is -0.360 e. The quantitative estimate of drug-likeness (QED) is 0.803. The van der Waals surface area contributed by atoms with E-state index in [0.717, 1.165) is 17.4 Å². The number of aromatic amines is 1. The lowest BCUT2D eigenvalue weighted by Gasteiger charge is -2.24. The number of pyridine rings is 1. The van der Waals surface area contributed by atoms with Gasteiger partial charge in [0.25, 0.3) is 0 Å². The van der Waals surface area contributed by atoms with Gasteiger partial charge in [0.05, 0.1) is 0 Å². The van der Waals surface area contributed by atoms with Gasteiger partial charge in [0.2, 0.25) is 0 Å². The highest BCUT2D eigenvalue weighted by molar-refractivity contribution is 7.80. The summed E-state index contributed by atoms with van der Waals surface area (Å²) in [5, 5.41) is 7.40. The van der Waals surface area contributed by atoms with Gasteiger partial charge in [-0.3, -0.25) is 0 Å². The van der Waals surface area contributed by atoms with E-state index in [1.807, 2.05) is 18.3 Å². The molecule has 0 aliphatic heterocycles. The van der Waals surface area contributed by atoms with E-state index in [0.29, 0.717) is 6.04 Å². The molecule has 0 spiro atoms. The predicted octanol–water partition coefficient (Wildman–Crippen LogP) is 1.80. The van der Waals surface area contributed by atoms with E-state index >= 15 is 0 Å². The van der Waals surface area contributed by atoms with Gasteiger partial charge in [0.1, 0.15) is 6.54 Å². The molecule has 3 N–H and O–H groups in total. The summed E-state index contributed by atoms with van der Waals surface area (Å²) < 4.78 is 0. The van der Waals surface area contributed by atoms with Gasteiger partial charge in [-0.15, -0.1) is 0 Å². The average Bonchev–Trinajstić information content (AvgIpc) is 2.39. The standard InChI is InChI=1S/C13H19N3S/c17-13(16-11-6-2-1-3-7-11)15-10-12-8-4-5-9-14-12/h4-5,8-9,11H,1-3,6-7,10H2,(H2,15,16,17)/p+1. The third-order valence-corrected chi connectivity index (χ3v) is 3.42. The van der Waals surface area contributed by atoms with Crippen LogP contribution in [0.3, 0.4) is 0 Å². The second-order valence-corrected chi connectivity index (χ2v) is 4.96. The fourth-order valence-electron chi connectivity index (χ4n) is 2.20. The van der Waals surface area contributed by atoms with Crippen molar-refractivity contribution in [3.63, 3.8) is 0 Å². The van der Waals surface area contributed by atoms with Crippen LogP contribution in [-0.2, 0) is 6.54 Å². The maximum atomic E-state index is 5.30. The van der Waals surface area contributed by atoms with Gasteiger partial charge in [-0.25, -0.2) is 4.98 Å². The number of rotatable bonds is 3. The van der Waals surface area contributed by atoms with Crippen LogP contribution in [0.5, 0.6) is 0 Å². The number of H-pyrrole nitrogens is 1. The summed E-state index contributed by atoms with van der Waals surface area (Å²) in [6, 6.07) is 6.62. The number of thiocarbonyl (C=S) groups is 1. The minimum absolute atomic E-state index is 0.573. The molecule has 0 saturated heterocycles. The summed E-state index contributed by atoms with van der Waals surface area (Å²) in [6.45, 7) is 0.749. The zero-order valence-corrected chi connectivity index (χ0v) is 10.9. The van der Waals surface area contributed by atoms with Gasteiger partial charge in [0, 0.05) is 18.2 Å². The molecule has 1 aliphatic rings. The molecule has 1 aromatic heterocycles. The van der Waals surface area contributed by atoms with Crippen molar-refractivity contribution >= 4 is 17.3 Å². The molecule has 1 aromatic rings. The van der Waals surface area contributed by atoms with Gasteiger partial charge in [-0.05, 0) is 25.1 Å². The van der Waals surface area contributed by atoms with Crippen LogP contribution < -0.4 is 15.6 Å². The van der Waals surface area contributed by atoms with E-state index in [4.69, 9.17) is 12.2 Å². The molecular formula is C13H20N3S+. The van der Waals surface area contributed by atoms with Gasteiger partial charge < -0.3 is 10.6 Å². The number of aromatic nitrogens is 1. The molecule has 2 rings (SSSR count). The molecule has 1 aliphatic carbocycles. The Morgan fingerprint density at radius 1 is 1.29 bits per heavy atom. The third-order valence-electron chi connectivity index (χ3n) is 3.15. The smallest absolute Gasteiger partial charge is 0.198 e. The molecule has 3 nitrogen and oxygen atoms in total. The van der Waals surface area contributed by atoms with Gasteiger partial charge >= 0.3 is 0 Å². The Hall–Kier alpha value is -1.16. The molecule has 1 heterocycles. The van der Waals surface area contributed by atoms with Crippen molar-refractivity contribution in [2.45, 2.75) is 44.7 Å². The lowest BCUT2D eigenvalue weighted by molar-refractivity contribution is -0.390. The third kappa shape index (κ3) is 4.30. The second kappa shape index (κ2) is 6.55. The highest BCUT2D eigenvalue weighted by Crippen LogP contribution is 2.17. The van der Waals surface area contributed by atoms with Crippen LogP contribution in [0.15, 0.2) is 24.4 Å². The molecule has 92 valence electrons. The van der Waals surface area contributed by atoms with Crippen molar-refractivity contribution in [1.29, 1.82) is 0 Å². The Balaban J connectivity index is 1.70. The highest BCUT2D eigenvalue weighted by atomic mass is 32.1. The zero-order chi connectivity index (χ0) is 11.9. The fourth-order valence-corrected chi connectivity index (χ4v) is 2.44. The average molecular weight is 250 g/mol. The number of nitrogens with one attached hydrogen (secondary N) is 3. The summed E-state index contributed by atoms with van der Waals surface area (Å²) in [5.41, 5.74) is 1.14. The van der Waals surface area contributed by atoms with E-state index in [9.17, 15) is 0 Å². The Morgan fingerprint density at radius 2 is 2.12 bits per heavy atom. The molecule has 0 unspecified atom stereocenters. The first-order valence-electron chi connectivity index (χ1n) is 6.34. The maximum absolute atomic E-state index is 5.30. The molecule has 0 radical (unpaired) electrons. The number of hydrogen-bond acceptors (Lipinski definition) is 1. The summed E-state index contributed by atoms with van der Waals surface area (Å²) >= 11 is 5.30. The summed E-state index contributed by atoms with van der Waals surface area (Å²) in [4.78, 5) is 3.18. The van der Waals surface area contributed by atoms with Crippen LogP contribution >= 0.6 is 12.2 Å². The molecule has 0 atom stereocenters. The lowest BCUT2D eigenvalue weighted by Crippen LogP contribution is -2.42. The van der Waals surface area contributed by atoms with Gasteiger partial charge in [-0.1, -0.05) is 25.3 Å². The van der Waals surface area contributed by atoms with E-state index < -0.39 is 0 Å². The first kappa shape index (κ1) is 12.3. The molecule has 1 fully saturated rings. The largest absolute Gasteiger partial charge is 0.360 e. The maximum Gasteiger partial charge on any atom is 0.198 e. The molecule has 0 amide bonds. The minimum atomic E-state index is 0.573. The summed E-state index contributed by atoms with van der Waals surface area (Å²) in [5.74, 6) is 0. The van der Waals surface area contributed by atoms with Crippen molar-refractivity contribution in [2.24, 2.45) is 0 Å². The van der Waals surface area contributed by atoms with Crippen molar-refractivity contribution in [3.05, 3.63) is 30.1 Å². The van der Waals surface area contributed by atoms with Crippen molar-refractivity contribution in [1.82, 2.24) is 10.6 Å². The molecular weight excluding hydrogens is 230 g/mol. The van der Waals surface area contributed by atoms with Crippen molar-refractivity contribution in [2.75, 3.05) is 0 Å².